The molecule has 92 valence electrons. The number of hydrogen-bond donors (Lipinski definition) is 2. The molecule has 0 atom stereocenters. The quantitative estimate of drug-likeness (QED) is 0.795. The highest BCUT2D eigenvalue weighted by Crippen LogP contribution is 2.16. The molecular formula is C8H13F2N3O2S. The molecule has 5 nitrogen and oxygen atoms in total. The molecule has 1 rings (SSSR count). The summed E-state index contributed by atoms with van der Waals surface area (Å²) in [4.78, 5) is 2.59. The van der Waals surface area contributed by atoms with E-state index in [9.17, 15) is 17.2 Å². The van der Waals surface area contributed by atoms with Gasteiger partial charge in [0, 0.05) is 25.5 Å². The van der Waals surface area contributed by atoms with E-state index in [2.05, 4.69) is 4.98 Å². The smallest absolute Gasteiger partial charge is 0.252 e. The summed E-state index contributed by atoms with van der Waals surface area (Å²) in [7, 11) is -2.75. The molecule has 16 heavy (non-hydrogen) atoms. The van der Waals surface area contributed by atoms with E-state index in [1.807, 2.05) is 0 Å². The second-order valence-corrected chi connectivity index (χ2v) is 5.29. The maximum Gasteiger partial charge on any atom is 0.252 e. The summed E-state index contributed by atoms with van der Waals surface area (Å²) in [5, 5.41) is 0. The first-order valence-electron chi connectivity index (χ1n) is 4.49. The minimum atomic E-state index is -3.86. The molecule has 0 aliphatic rings. The second-order valence-electron chi connectivity index (χ2n) is 3.24. The van der Waals surface area contributed by atoms with Crippen molar-refractivity contribution < 1.29 is 17.2 Å². The van der Waals surface area contributed by atoms with Crippen molar-refractivity contribution in [3.8, 4) is 0 Å². The highest BCUT2D eigenvalue weighted by Gasteiger charge is 2.24. The lowest BCUT2D eigenvalue weighted by Crippen LogP contribution is -2.31. The lowest BCUT2D eigenvalue weighted by molar-refractivity contribution is 0.126. The number of rotatable bonds is 5. The zero-order valence-electron chi connectivity index (χ0n) is 8.65. The Labute approximate surface area is 92.3 Å². The van der Waals surface area contributed by atoms with Crippen LogP contribution < -0.4 is 5.73 Å². The van der Waals surface area contributed by atoms with Crippen molar-refractivity contribution in [3.05, 3.63) is 18.0 Å². The highest BCUT2D eigenvalue weighted by atomic mass is 32.2. The monoisotopic (exact) mass is 253 g/mol. The van der Waals surface area contributed by atoms with E-state index in [1.54, 1.807) is 0 Å². The lowest BCUT2D eigenvalue weighted by atomic mass is 10.4. The number of aromatic nitrogens is 1. The molecule has 0 bridgehead atoms. The summed E-state index contributed by atoms with van der Waals surface area (Å²) >= 11 is 0. The Hall–Kier alpha value is -0.990. The largest absolute Gasteiger partial charge is 0.363 e. The van der Waals surface area contributed by atoms with Gasteiger partial charge in [0.05, 0.1) is 11.4 Å². The molecule has 0 fully saturated rings. The van der Waals surface area contributed by atoms with Gasteiger partial charge in [-0.15, -0.1) is 0 Å². The minimum Gasteiger partial charge on any atom is -0.363 e. The number of hydrogen-bond acceptors (Lipinski definition) is 3. The molecular weight excluding hydrogens is 240 g/mol. The van der Waals surface area contributed by atoms with Gasteiger partial charge in [-0.2, -0.15) is 4.31 Å². The van der Waals surface area contributed by atoms with Crippen molar-refractivity contribution in [1.82, 2.24) is 9.29 Å². The molecule has 0 aromatic carbocycles. The van der Waals surface area contributed by atoms with Crippen LogP contribution in [0.4, 0.5) is 8.78 Å². The second kappa shape index (κ2) is 4.89. The van der Waals surface area contributed by atoms with Gasteiger partial charge >= 0.3 is 0 Å². The number of halogens is 2. The zero-order chi connectivity index (χ0) is 12.3. The van der Waals surface area contributed by atoms with Crippen molar-refractivity contribution >= 4 is 10.0 Å². The van der Waals surface area contributed by atoms with Gasteiger partial charge in [-0.1, -0.05) is 0 Å². The lowest BCUT2D eigenvalue weighted by Gasteiger charge is -2.15. The topological polar surface area (TPSA) is 79.2 Å². The number of alkyl halides is 2. The maximum absolute atomic E-state index is 12.1. The molecule has 3 N–H and O–H groups in total. The van der Waals surface area contributed by atoms with Gasteiger partial charge in [-0.25, -0.2) is 17.2 Å². The molecule has 0 aliphatic carbocycles. The third kappa shape index (κ3) is 2.77. The van der Waals surface area contributed by atoms with Crippen LogP contribution in [0.5, 0.6) is 0 Å². The van der Waals surface area contributed by atoms with Gasteiger partial charge in [0.15, 0.2) is 0 Å². The van der Waals surface area contributed by atoms with E-state index < -0.39 is 23.0 Å². The molecule has 0 saturated heterocycles. The Kier molecular flexibility index (Phi) is 4.00. The van der Waals surface area contributed by atoms with Crippen molar-refractivity contribution in [2.24, 2.45) is 5.73 Å². The molecule has 0 radical (unpaired) electrons. The maximum atomic E-state index is 12.1. The number of aromatic amines is 1. The predicted molar refractivity (Wildman–Crippen MR) is 54.5 cm³/mol. The van der Waals surface area contributed by atoms with Crippen LogP contribution in [0.2, 0.25) is 0 Å². The van der Waals surface area contributed by atoms with Crippen LogP contribution in [-0.4, -0.2) is 37.7 Å². The fourth-order valence-electron chi connectivity index (χ4n) is 1.16. The van der Waals surface area contributed by atoms with E-state index in [1.165, 1.54) is 12.3 Å². The third-order valence-corrected chi connectivity index (χ3v) is 3.84. The van der Waals surface area contributed by atoms with Crippen LogP contribution in [0.15, 0.2) is 17.2 Å². The van der Waals surface area contributed by atoms with E-state index in [0.717, 1.165) is 7.05 Å². The Bertz CT molecular complexity index is 444. The van der Waals surface area contributed by atoms with Crippen LogP contribution in [0.3, 0.4) is 0 Å². The van der Waals surface area contributed by atoms with Crippen molar-refractivity contribution in [2.45, 2.75) is 17.9 Å². The van der Waals surface area contributed by atoms with Crippen LogP contribution >= 0.6 is 0 Å². The SMILES string of the molecule is CN(CC(F)F)S(=O)(=O)c1c[nH]c(CN)c1. The first-order valence-corrected chi connectivity index (χ1v) is 5.93. The number of nitrogens with one attached hydrogen (secondary N) is 1. The number of H-pyrrole nitrogens is 1. The Morgan fingerprint density at radius 2 is 2.19 bits per heavy atom. The molecule has 0 aliphatic heterocycles. The van der Waals surface area contributed by atoms with Crippen LogP contribution in [0, 0.1) is 0 Å². The fourth-order valence-corrected chi connectivity index (χ4v) is 2.33. The molecule has 0 amide bonds. The molecule has 1 heterocycles. The molecule has 1 aromatic heterocycles. The number of sulfonamides is 1. The molecule has 1 aromatic rings. The fraction of sp³-hybridized carbons (Fsp3) is 0.500. The summed E-state index contributed by atoms with van der Waals surface area (Å²) in [5.74, 6) is 0. The zero-order valence-corrected chi connectivity index (χ0v) is 9.47. The third-order valence-electron chi connectivity index (χ3n) is 2.04. The van der Waals surface area contributed by atoms with E-state index >= 15 is 0 Å². The molecule has 0 unspecified atom stereocenters. The average Bonchev–Trinajstić information content (AvgIpc) is 2.65. The van der Waals surface area contributed by atoms with Crippen LogP contribution in [0.25, 0.3) is 0 Å². The van der Waals surface area contributed by atoms with E-state index in [-0.39, 0.29) is 11.4 Å². The predicted octanol–water partition coefficient (Wildman–Crippen LogP) is 0.359. The summed E-state index contributed by atoms with van der Waals surface area (Å²) < 4.78 is 48.2. The Balaban J connectivity index is 2.92. The Morgan fingerprint density at radius 1 is 1.56 bits per heavy atom. The molecule has 0 spiro atoms. The summed E-state index contributed by atoms with van der Waals surface area (Å²) in [6, 6.07) is 1.33. The summed E-state index contributed by atoms with van der Waals surface area (Å²) in [6.45, 7) is -0.667. The van der Waals surface area contributed by atoms with Crippen molar-refractivity contribution in [3.63, 3.8) is 0 Å². The van der Waals surface area contributed by atoms with Gasteiger partial charge in [0.25, 0.3) is 6.43 Å². The van der Waals surface area contributed by atoms with Crippen molar-refractivity contribution in [2.75, 3.05) is 13.6 Å². The number of nitrogens with zero attached hydrogens (tertiary/aromatic N) is 1. The first-order chi connectivity index (χ1) is 7.37. The van der Waals surface area contributed by atoms with Crippen molar-refractivity contribution in [1.29, 1.82) is 0 Å². The van der Waals surface area contributed by atoms with Gasteiger partial charge in [-0.3, -0.25) is 0 Å². The standard InChI is InChI=1S/C8H13F2N3O2S/c1-13(5-8(9)10)16(14,15)7-2-6(3-11)12-4-7/h2,4,8,12H,3,5,11H2,1H3. The van der Waals surface area contributed by atoms with Crippen LogP contribution in [0.1, 0.15) is 5.69 Å². The Morgan fingerprint density at radius 3 is 2.62 bits per heavy atom. The van der Waals surface area contributed by atoms with Gasteiger partial charge < -0.3 is 10.7 Å². The highest BCUT2D eigenvalue weighted by molar-refractivity contribution is 7.89. The number of nitrogens with two attached hydrogens (primary N) is 1. The summed E-state index contributed by atoms with van der Waals surface area (Å²) in [5.41, 5.74) is 5.84. The van der Waals surface area contributed by atoms with Gasteiger partial charge in [0.2, 0.25) is 10.0 Å². The average molecular weight is 253 g/mol. The minimum absolute atomic E-state index is 0.0592. The molecule has 8 heteroatoms. The van der Waals surface area contributed by atoms with E-state index in [4.69, 9.17) is 5.73 Å². The first kappa shape index (κ1) is 13.1. The molecule has 0 saturated carbocycles. The van der Waals surface area contributed by atoms with Gasteiger partial charge in [-0.05, 0) is 6.07 Å². The van der Waals surface area contributed by atoms with Crippen LogP contribution in [-0.2, 0) is 16.6 Å². The van der Waals surface area contributed by atoms with Gasteiger partial charge in [0.1, 0.15) is 0 Å². The summed E-state index contributed by atoms with van der Waals surface area (Å²) in [6.07, 6.45) is -1.47. The normalized spacial score (nSPS) is 12.6. The van der Waals surface area contributed by atoms with E-state index in [0.29, 0.717) is 10.00 Å².